The Kier molecular flexibility index (Phi) is 5.10. The van der Waals surface area contributed by atoms with Gasteiger partial charge in [0, 0.05) is 6.61 Å². The standard InChI is InChI=1S/C10H24OSi/c1-9(2)7-10(3)8-11-12(4,5)6/h9-10H,7-8H2,1-6H3. The first-order chi connectivity index (χ1) is 5.31. The first kappa shape index (κ1) is 12.2. The molecule has 0 aliphatic carbocycles. The first-order valence-electron chi connectivity index (χ1n) is 4.95. The minimum atomic E-state index is -1.27. The van der Waals surface area contributed by atoms with E-state index in [-0.39, 0.29) is 0 Å². The summed E-state index contributed by atoms with van der Waals surface area (Å²) in [5.74, 6) is 1.52. The van der Waals surface area contributed by atoms with Crippen molar-refractivity contribution in [2.75, 3.05) is 6.61 Å². The summed E-state index contributed by atoms with van der Waals surface area (Å²) >= 11 is 0. The summed E-state index contributed by atoms with van der Waals surface area (Å²) in [6.07, 6.45) is 1.28. The average Bonchev–Trinajstić information content (AvgIpc) is 1.80. The van der Waals surface area contributed by atoms with Crippen molar-refractivity contribution in [1.82, 2.24) is 0 Å². The minimum Gasteiger partial charge on any atom is -0.417 e. The van der Waals surface area contributed by atoms with E-state index in [0.29, 0.717) is 0 Å². The fourth-order valence-corrected chi connectivity index (χ4v) is 2.05. The summed E-state index contributed by atoms with van der Waals surface area (Å²) in [5, 5.41) is 0. The molecule has 0 heterocycles. The Morgan fingerprint density at radius 3 is 1.92 bits per heavy atom. The van der Waals surface area contributed by atoms with Crippen LogP contribution in [0.1, 0.15) is 27.2 Å². The summed E-state index contributed by atoms with van der Waals surface area (Å²) in [6, 6.07) is 0. The maximum Gasteiger partial charge on any atom is 0.183 e. The van der Waals surface area contributed by atoms with Gasteiger partial charge in [0.2, 0.25) is 0 Å². The van der Waals surface area contributed by atoms with Crippen LogP contribution in [0.3, 0.4) is 0 Å². The van der Waals surface area contributed by atoms with Gasteiger partial charge in [-0.05, 0) is 37.9 Å². The summed E-state index contributed by atoms with van der Waals surface area (Å²) in [5.41, 5.74) is 0. The van der Waals surface area contributed by atoms with Gasteiger partial charge in [-0.2, -0.15) is 0 Å². The quantitative estimate of drug-likeness (QED) is 0.600. The third kappa shape index (κ3) is 8.28. The van der Waals surface area contributed by atoms with Gasteiger partial charge in [0.15, 0.2) is 8.32 Å². The first-order valence-corrected chi connectivity index (χ1v) is 8.36. The van der Waals surface area contributed by atoms with E-state index in [9.17, 15) is 0 Å². The summed E-state index contributed by atoms with van der Waals surface area (Å²) in [7, 11) is -1.27. The molecule has 0 N–H and O–H groups in total. The van der Waals surface area contributed by atoms with E-state index in [1.165, 1.54) is 6.42 Å². The Morgan fingerprint density at radius 2 is 1.58 bits per heavy atom. The molecule has 0 aromatic carbocycles. The normalized spacial score (nSPS) is 15.2. The fraction of sp³-hybridized carbons (Fsp3) is 1.00. The lowest BCUT2D eigenvalue weighted by atomic mass is 10.0. The van der Waals surface area contributed by atoms with Gasteiger partial charge < -0.3 is 4.43 Å². The molecule has 0 aliphatic heterocycles. The van der Waals surface area contributed by atoms with E-state index in [1.807, 2.05) is 0 Å². The second kappa shape index (κ2) is 5.03. The van der Waals surface area contributed by atoms with E-state index in [0.717, 1.165) is 18.4 Å². The lowest BCUT2D eigenvalue weighted by Gasteiger charge is -2.21. The molecule has 0 aliphatic rings. The van der Waals surface area contributed by atoms with Crippen molar-refractivity contribution in [2.24, 2.45) is 11.8 Å². The molecule has 12 heavy (non-hydrogen) atoms. The molecule has 1 nitrogen and oxygen atoms in total. The third-order valence-electron chi connectivity index (χ3n) is 1.67. The SMILES string of the molecule is CC(C)CC(C)CO[Si](C)(C)C. The van der Waals surface area contributed by atoms with Crippen LogP contribution in [-0.4, -0.2) is 14.9 Å². The van der Waals surface area contributed by atoms with Gasteiger partial charge >= 0.3 is 0 Å². The highest BCUT2D eigenvalue weighted by atomic mass is 28.4. The average molecular weight is 188 g/mol. The lowest BCUT2D eigenvalue weighted by Crippen LogP contribution is -2.28. The molecule has 0 bridgehead atoms. The van der Waals surface area contributed by atoms with Gasteiger partial charge in [-0.1, -0.05) is 20.8 Å². The molecule has 0 radical (unpaired) electrons. The van der Waals surface area contributed by atoms with Crippen LogP contribution in [0.2, 0.25) is 19.6 Å². The van der Waals surface area contributed by atoms with E-state index in [4.69, 9.17) is 4.43 Å². The second-order valence-electron chi connectivity index (χ2n) is 5.16. The molecule has 2 heteroatoms. The highest BCUT2D eigenvalue weighted by molar-refractivity contribution is 6.69. The highest BCUT2D eigenvalue weighted by Gasteiger charge is 2.15. The van der Waals surface area contributed by atoms with Gasteiger partial charge in [-0.3, -0.25) is 0 Å². The molecule has 0 amide bonds. The fourth-order valence-electron chi connectivity index (χ4n) is 1.27. The monoisotopic (exact) mass is 188 g/mol. The zero-order valence-electron chi connectivity index (χ0n) is 9.48. The van der Waals surface area contributed by atoms with Crippen LogP contribution in [0, 0.1) is 11.8 Å². The van der Waals surface area contributed by atoms with Crippen molar-refractivity contribution in [1.29, 1.82) is 0 Å². The van der Waals surface area contributed by atoms with Crippen molar-refractivity contribution in [3.05, 3.63) is 0 Å². The van der Waals surface area contributed by atoms with Crippen molar-refractivity contribution in [3.8, 4) is 0 Å². The predicted octanol–water partition coefficient (Wildman–Crippen LogP) is 3.52. The summed E-state index contributed by atoms with van der Waals surface area (Å²) in [6.45, 7) is 14.5. The van der Waals surface area contributed by atoms with Crippen molar-refractivity contribution in [2.45, 2.75) is 46.8 Å². The van der Waals surface area contributed by atoms with Gasteiger partial charge in [-0.15, -0.1) is 0 Å². The molecular weight excluding hydrogens is 164 g/mol. The van der Waals surface area contributed by atoms with Gasteiger partial charge in [0.05, 0.1) is 0 Å². The summed E-state index contributed by atoms with van der Waals surface area (Å²) in [4.78, 5) is 0. The molecular formula is C10H24OSi. The molecule has 0 aromatic heterocycles. The van der Waals surface area contributed by atoms with Crippen molar-refractivity contribution < 1.29 is 4.43 Å². The maximum atomic E-state index is 5.83. The molecule has 1 atom stereocenters. The Hall–Kier alpha value is 0.177. The van der Waals surface area contributed by atoms with Crippen LogP contribution < -0.4 is 0 Å². The molecule has 0 saturated heterocycles. The van der Waals surface area contributed by atoms with Crippen LogP contribution in [0.4, 0.5) is 0 Å². The van der Waals surface area contributed by atoms with E-state index >= 15 is 0 Å². The second-order valence-corrected chi connectivity index (χ2v) is 9.67. The van der Waals surface area contributed by atoms with Crippen LogP contribution in [-0.2, 0) is 4.43 Å². The number of hydrogen-bond donors (Lipinski definition) is 0. The Labute approximate surface area is 78.6 Å². The van der Waals surface area contributed by atoms with Gasteiger partial charge in [-0.25, -0.2) is 0 Å². The largest absolute Gasteiger partial charge is 0.417 e. The van der Waals surface area contributed by atoms with Gasteiger partial charge in [0.1, 0.15) is 0 Å². The topological polar surface area (TPSA) is 9.23 Å². The molecule has 0 saturated carbocycles. The zero-order valence-corrected chi connectivity index (χ0v) is 10.5. The van der Waals surface area contributed by atoms with E-state index in [1.54, 1.807) is 0 Å². The van der Waals surface area contributed by atoms with E-state index < -0.39 is 8.32 Å². The molecule has 0 rings (SSSR count). The van der Waals surface area contributed by atoms with Crippen LogP contribution in [0.25, 0.3) is 0 Å². The maximum absolute atomic E-state index is 5.83. The minimum absolute atomic E-state index is 0.719. The van der Waals surface area contributed by atoms with Crippen molar-refractivity contribution >= 4 is 8.32 Å². The molecule has 0 spiro atoms. The summed E-state index contributed by atoms with van der Waals surface area (Å²) < 4.78 is 5.83. The van der Waals surface area contributed by atoms with Gasteiger partial charge in [0.25, 0.3) is 0 Å². The van der Waals surface area contributed by atoms with Crippen molar-refractivity contribution in [3.63, 3.8) is 0 Å². The predicted molar refractivity (Wildman–Crippen MR) is 57.9 cm³/mol. The smallest absolute Gasteiger partial charge is 0.183 e. The Balaban J connectivity index is 3.51. The Bertz CT molecular complexity index is 115. The molecule has 1 unspecified atom stereocenters. The number of hydrogen-bond acceptors (Lipinski definition) is 1. The number of rotatable bonds is 5. The van der Waals surface area contributed by atoms with Crippen LogP contribution in [0.5, 0.6) is 0 Å². The zero-order chi connectivity index (χ0) is 9.78. The van der Waals surface area contributed by atoms with E-state index in [2.05, 4.69) is 40.4 Å². The third-order valence-corrected chi connectivity index (χ3v) is 2.71. The lowest BCUT2D eigenvalue weighted by molar-refractivity contribution is 0.233. The Morgan fingerprint density at radius 1 is 1.08 bits per heavy atom. The molecule has 0 aromatic rings. The molecule has 74 valence electrons. The van der Waals surface area contributed by atoms with Crippen LogP contribution in [0.15, 0.2) is 0 Å². The molecule has 0 fully saturated rings. The van der Waals surface area contributed by atoms with Crippen LogP contribution >= 0.6 is 0 Å². The highest BCUT2D eigenvalue weighted by Crippen LogP contribution is 2.13.